The van der Waals surface area contributed by atoms with Crippen LogP contribution >= 0.6 is 11.6 Å². The van der Waals surface area contributed by atoms with E-state index >= 15 is 0 Å². The van der Waals surface area contributed by atoms with E-state index in [9.17, 15) is 5.11 Å². The molecule has 2 nitrogen and oxygen atoms in total. The van der Waals surface area contributed by atoms with Gasteiger partial charge in [-0.05, 0) is 38.8 Å². The number of hydrogen-bond acceptors (Lipinski definition) is 2. The lowest BCUT2D eigenvalue weighted by Gasteiger charge is -2.18. The van der Waals surface area contributed by atoms with Gasteiger partial charge in [0.2, 0.25) is 0 Å². The highest BCUT2D eigenvalue weighted by atomic mass is 35.5. The Hall–Kier alpha value is 0.210. The molecule has 0 amide bonds. The normalized spacial score (nSPS) is 27.0. The summed E-state index contributed by atoms with van der Waals surface area (Å²) in [6.45, 7) is 3.27. The highest BCUT2D eigenvalue weighted by molar-refractivity contribution is 6.17. The van der Waals surface area contributed by atoms with Crippen molar-refractivity contribution in [2.75, 3.05) is 25.5 Å². The molecular weight excluding hydrogens is 174 g/mol. The molecule has 1 unspecified atom stereocenters. The highest BCUT2D eigenvalue weighted by Crippen LogP contribution is 2.10. The molecule has 3 heteroatoms. The first-order valence-electron chi connectivity index (χ1n) is 4.79. The maximum Gasteiger partial charge on any atom is 0.0553 e. The predicted molar refractivity (Wildman–Crippen MR) is 51.6 cm³/mol. The molecule has 0 aromatic rings. The molecule has 1 aliphatic rings. The van der Waals surface area contributed by atoms with Crippen LogP contribution in [0.2, 0.25) is 0 Å². The number of likely N-dealkylation sites (tertiary alicyclic amines) is 1. The second kappa shape index (κ2) is 5.79. The van der Waals surface area contributed by atoms with Gasteiger partial charge in [0.05, 0.1) is 6.10 Å². The molecule has 1 atom stereocenters. The number of alkyl halides is 1. The third-order valence-corrected chi connectivity index (χ3v) is 2.67. The molecule has 0 saturated carbocycles. The molecule has 1 rings (SSSR count). The van der Waals surface area contributed by atoms with Crippen LogP contribution in [0.25, 0.3) is 0 Å². The van der Waals surface area contributed by atoms with E-state index in [1.165, 1.54) is 0 Å². The maximum atomic E-state index is 9.38. The van der Waals surface area contributed by atoms with Gasteiger partial charge >= 0.3 is 0 Å². The molecule has 0 aliphatic carbocycles. The average Bonchev–Trinajstić information content (AvgIpc) is 2.27. The van der Waals surface area contributed by atoms with Gasteiger partial charge in [0.25, 0.3) is 0 Å². The summed E-state index contributed by atoms with van der Waals surface area (Å²) < 4.78 is 0. The third-order valence-electron chi connectivity index (χ3n) is 2.40. The molecule has 12 heavy (non-hydrogen) atoms. The Labute approximate surface area is 79.5 Å². The molecule has 1 saturated heterocycles. The van der Waals surface area contributed by atoms with E-state index in [1.807, 2.05) is 0 Å². The van der Waals surface area contributed by atoms with Crippen LogP contribution in [0.4, 0.5) is 0 Å². The Morgan fingerprint density at radius 2 is 2.17 bits per heavy atom. The number of aliphatic hydroxyl groups excluding tert-OH is 1. The SMILES string of the molecule is OC1CCCN(CCCCl)CC1. The maximum absolute atomic E-state index is 9.38. The zero-order valence-electron chi connectivity index (χ0n) is 7.51. The van der Waals surface area contributed by atoms with Crippen molar-refractivity contribution in [1.82, 2.24) is 4.90 Å². The zero-order valence-corrected chi connectivity index (χ0v) is 8.26. The van der Waals surface area contributed by atoms with Crippen molar-refractivity contribution in [3.8, 4) is 0 Å². The standard InChI is InChI=1S/C9H18ClNO/c10-5-2-7-11-6-1-3-9(12)4-8-11/h9,12H,1-8H2. The Morgan fingerprint density at radius 1 is 1.33 bits per heavy atom. The number of rotatable bonds is 3. The van der Waals surface area contributed by atoms with Crippen molar-refractivity contribution in [1.29, 1.82) is 0 Å². The fraction of sp³-hybridized carbons (Fsp3) is 1.00. The zero-order chi connectivity index (χ0) is 8.81. The fourth-order valence-corrected chi connectivity index (χ4v) is 1.76. The fourth-order valence-electron chi connectivity index (χ4n) is 1.65. The van der Waals surface area contributed by atoms with Crippen molar-refractivity contribution < 1.29 is 5.11 Å². The van der Waals surface area contributed by atoms with Crippen molar-refractivity contribution in [2.24, 2.45) is 0 Å². The van der Waals surface area contributed by atoms with Crippen molar-refractivity contribution in [2.45, 2.75) is 31.8 Å². The van der Waals surface area contributed by atoms with Gasteiger partial charge < -0.3 is 10.0 Å². The Kier molecular flexibility index (Phi) is 4.96. The summed E-state index contributed by atoms with van der Waals surface area (Å²) in [5.74, 6) is 0.749. The second-order valence-corrected chi connectivity index (χ2v) is 3.85. The van der Waals surface area contributed by atoms with Crippen LogP contribution in [-0.2, 0) is 0 Å². The smallest absolute Gasteiger partial charge is 0.0553 e. The van der Waals surface area contributed by atoms with E-state index in [-0.39, 0.29) is 6.10 Å². The average molecular weight is 192 g/mol. The molecule has 1 heterocycles. The molecule has 1 fully saturated rings. The van der Waals surface area contributed by atoms with Crippen molar-refractivity contribution >= 4 is 11.6 Å². The van der Waals surface area contributed by atoms with E-state index < -0.39 is 0 Å². The highest BCUT2D eigenvalue weighted by Gasteiger charge is 2.13. The Balaban J connectivity index is 2.17. The van der Waals surface area contributed by atoms with Crippen molar-refractivity contribution in [3.05, 3.63) is 0 Å². The summed E-state index contributed by atoms with van der Waals surface area (Å²) in [4.78, 5) is 2.40. The lowest BCUT2D eigenvalue weighted by molar-refractivity contribution is 0.155. The minimum Gasteiger partial charge on any atom is -0.393 e. The van der Waals surface area contributed by atoms with Gasteiger partial charge in [-0.25, -0.2) is 0 Å². The lowest BCUT2D eigenvalue weighted by atomic mass is 10.2. The predicted octanol–water partition coefficient (Wildman–Crippen LogP) is 1.46. The van der Waals surface area contributed by atoms with Crippen LogP contribution in [0.1, 0.15) is 25.7 Å². The molecule has 72 valence electrons. The third kappa shape index (κ3) is 3.74. The van der Waals surface area contributed by atoms with Gasteiger partial charge in [0, 0.05) is 12.4 Å². The van der Waals surface area contributed by atoms with Crippen LogP contribution in [0.3, 0.4) is 0 Å². The van der Waals surface area contributed by atoms with Gasteiger partial charge in [-0.15, -0.1) is 11.6 Å². The molecule has 0 aromatic heterocycles. The quantitative estimate of drug-likeness (QED) is 0.683. The first-order valence-corrected chi connectivity index (χ1v) is 5.33. The van der Waals surface area contributed by atoms with E-state index in [4.69, 9.17) is 11.6 Å². The van der Waals surface area contributed by atoms with E-state index in [2.05, 4.69) is 4.90 Å². The molecule has 0 bridgehead atoms. The van der Waals surface area contributed by atoms with E-state index in [0.717, 1.165) is 51.2 Å². The molecule has 1 N–H and O–H groups in total. The van der Waals surface area contributed by atoms with Crippen LogP contribution in [0.5, 0.6) is 0 Å². The van der Waals surface area contributed by atoms with E-state index in [1.54, 1.807) is 0 Å². The number of nitrogens with zero attached hydrogens (tertiary/aromatic N) is 1. The van der Waals surface area contributed by atoms with Crippen LogP contribution in [0.15, 0.2) is 0 Å². The number of aliphatic hydroxyl groups is 1. The van der Waals surface area contributed by atoms with Crippen LogP contribution in [0, 0.1) is 0 Å². The lowest BCUT2D eigenvalue weighted by Crippen LogP contribution is -2.26. The summed E-state index contributed by atoms with van der Waals surface area (Å²) >= 11 is 5.61. The molecule has 0 aromatic carbocycles. The monoisotopic (exact) mass is 191 g/mol. The second-order valence-electron chi connectivity index (χ2n) is 3.47. The summed E-state index contributed by atoms with van der Waals surface area (Å²) in [5, 5.41) is 9.38. The van der Waals surface area contributed by atoms with Gasteiger partial charge in [-0.3, -0.25) is 0 Å². The molecular formula is C9H18ClNO. The van der Waals surface area contributed by atoms with E-state index in [0.29, 0.717) is 0 Å². The molecule has 0 radical (unpaired) electrons. The largest absolute Gasteiger partial charge is 0.393 e. The summed E-state index contributed by atoms with van der Waals surface area (Å²) in [5.41, 5.74) is 0. The molecule has 1 aliphatic heterocycles. The van der Waals surface area contributed by atoms with Crippen LogP contribution in [-0.4, -0.2) is 41.6 Å². The summed E-state index contributed by atoms with van der Waals surface area (Å²) in [6, 6.07) is 0. The first-order chi connectivity index (χ1) is 5.83. The first kappa shape index (κ1) is 10.3. The Bertz CT molecular complexity index is 119. The van der Waals surface area contributed by atoms with Gasteiger partial charge in [0.1, 0.15) is 0 Å². The summed E-state index contributed by atoms with van der Waals surface area (Å²) in [6.07, 6.45) is 4.03. The minimum atomic E-state index is -0.0639. The van der Waals surface area contributed by atoms with Crippen molar-refractivity contribution in [3.63, 3.8) is 0 Å². The van der Waals surface area contributed by atoms with Gasteiger partial charge in [-0.1, -0.05) is 0 Å². The van der Waals surface area contributed by atoms with Gasteiger partial charge in [0.15, 0.2) is 0 Å². The minimum absolute atomic E-state index is 0.0639. The summed E-state index contributed by atoms with van der Waals surface area (Å²) in [7, 11) is 0. The Morgan fingerprint density at radius 3 is 2.92 bits per heavy atom. The molecule has 0 spiro atoms. The number of hydrogen-bond donors (Lipinski definition) is 1. The number of halogens is 1. The van der Waals surface area contributed by atoms with Crippen LogP contribution < -0.4 is 0 Å². The topological polar surface area (TPSA) is 23.5 Å². The van der Waals surface area contributed by atoms with Gasteiger partial charge in [-0.2, -0.15) is 0 Å².